The van der Waals surface area contributed by atoms with E-state index in [1.807, 2.05) is 6.07 Å². The van der Waals surface area contributed by atoms with E-state index in [1.165, 1.54) is 11.3 Å². The summed E-state index contributed by atoms with van der Waals surface area (Å²) in [6, 6.07) is 15.4. The van der Waals surface area contributed by atoms with Gasteiger partial charge in [0, 0.05) is 56.7 Å². The maximum absolute atomic E-state index is 9.47. The van der Waals surface area contributed by atoms with Gasteiger partial charge in [-0.1, -0.05) is 50.4 Å². The van der Waals surface area contributed by atoms with Crippen LogP contribution in [0.15, 0.2) is 42.6 Å². The molecular formula is C33H43ClN4O3. The third-order valence-electron chi connectivity index (χ3n) is 8.41. The number of halogens is 1. The van der Waals surface area contributed by atoms with E-state index < -0.39 is 0 Å². The maximum Gasteiger partial charge on any atom is 0.185 e. The lowest BCUT2D eigenvalue weighted by Gasteiger charge is -2.38. The normalized spacial score (nSPS) is 18.4. The SMILES string of the molecule is CCCCOC(OCCCC)[C@@H]1CN(c2ccc(C3CCN(c4ccc(Cl)c5c(C#N)c[nH]c45)CC3)cc2)CCO1. The van der Waals surface area contributed by atoms with Crippen molar-refractivity contribution < 1.29 is 14.2 Å². The number of H-pyrrole nitrogens is 1. The van der Waals surface area contributed by atoms with Gasteiger partial charge in [-0.3, -0.25) is 0 Å². The molecule has 2 saturated heterocycles. The van der Waals surface area contributed by atoms with Crippen molar-refractivity contribution in [3.05, 3.63) is 58.7 Å². The third kappa shape index (κ3) is 7.01. The number of anilines is 2. The second-order valence-electron chi connectivity index (χ2n) is 11.2. The van der Waals surface area contributed by atoms with E-state index in [1.54, 1.807) is 6.20 Å². The van der Waals surface area contributed by atoms with Gasteiger partial charge >= 0.3 is 0 Å². The molecule has 7 nitrogen and oxygen atoms in total. The summed E-state index contributed by atoms with van der Waals surface area (Å²) in [5.41, 5.74) is 5.29. The first kappa shape index (κ1) is 29.7. The molecule has 5 rings (SSSR count). The van der Waals surface area contributed by atoms with E-state index in [4.69, 9.17) is 25.8 Å². The lowest BCUT2D eigenvalue weighted by Crippen LogP contribution is -2.49. The summed E-state index contributed by atoms with van der Waals surface area (Å²) in [5, 5.41) is 10.9. The zero-order valence-corrected chi connectivity index (χ0v) is 25.2. The second-order valence-corrected chi connectivity index (χ2v) is 11.6. The van der Waals surface area contributed by atoms with Crippen LogP contribution >= 0.6 is 11.6 Å². The van der Waals surface area contributed by atoms with E-state index in [0.29, 0.717) is 36.3 Å². The van der Waals surface area contributed by atoms with Crippen molar-refractivity contribution in [1.82, 2.24) is 4.98 Å². The van der Waals surface area contributed by atoms with Crippen LogP contribution < -0.4 is 9.80 Å². The van der Waals surface area contributed by atoms with Gasteiger partial charge in [-0.2, -0.15) is 5.26 Å². The Labute approximate surface area is 249 Å². The number of morpholine rings is 1. The van der Waals surface area contributed by atoms with Crippen LogP contribution in [-0.4, -0.2) is 63.4 Å². The van der Waals surface area contributed by atoms with Crippen molar-refractivity contribution >= 4 is 33.9 Å². The van der Waals surface area contributed by atoms with Crippen LogP contribution in [0.1, 0.15) is 69.4 Å². The monoisotopic (exact) mass is 578 g/mol. The minimum absolute atomic E-state index is 0.0929. The van der Waals surface area contributed by atoms with Crippen molar-refractivity contribution in [3.63, 3.8) is 0 Å². The topological polar surface area (TPSA) is 73.8 Å². The van der Waals surface area contributed by atoms with Crippen molar-refractivity contribution in [2.24, 2.45) is 0 Å². The van der Waals surface area contributed by atoms with Crippen molar-refractivity contribution in [2.75, 3.05) is 55.8 Å². The number of piperidine rings is 1. The Balaban J connectivity index is 1.19. The molecule has 1 N–H and O–H groups in total. The predicted molar refractivity (Wildman–Crippen MR) is 166 cm³/mol. The predicted octanol–water partition coefficient (Wildman–Crippen LogP) is 7.24. The lowest BCUT2D eigenvalue weighted by atomic mass is 9.89. The molecule has 0 saturated carbocycles. The number of nitrogens with one attached hydrogen (secondary N) is 1. The maximum atomic E-state index is 9.47. The van der Waals surface area contributed by atoms with Crippen molar-refractivity contribution in [1.29, 1.82) is 5.26 Å². The average molecular weight is 579 g/mol. The Morgan fingerprint density at radius 2 is 1.71 bits per heavy atom. The largest absolute Gasteiger partial charge is 0.370 e. The van der Waals surface area contributed by atoms with Crippen molar-refractivity contribution in [3.8, 4) is 6.07 Å². The zero-order valence-electron chi connectivity index (χ0n) is 24.4. The van der Waals surface area contributed by atoms with Gasteiger partial charge in [0.2, 0.25) is 0 Å². The molecule has 2 fully saturated rings. The van der Waals surface area contributed by atoms with E-state index >= 15 is 0 Å². The molecule has 41 heavy (non-hydrogen) atoms. The number of fused-ring (bicyclic) bond motifs is 1. The summed E-state index contributed by atoms with van der Waals surface area (Å²) in [4.78, 5) is 8.10. The number of nitriles is 1. The fourth-order valence-electron chi connectivity index (χ4n) is 5.98. The summed E-state index contributed by atoms with van der Waals surface area (Å²) < 4.78 is 18.4. The molecule has 2 aromatic carbocycles. The van der Waals surface area contributed by atoms with Gasteiger partial charge in [0.1, 0.15) is 12.2 Å². The number of ether oxygens (including phenoxy) is 3. The molecule has 220 valence electrons. The van der Waals surface area contributed by atoms with E-state index in [9.17, 15) is 5.26 Å². The highest BCUT2D eigenvalue weighted by molar-refractivity contribution is 6.36. The number of unbranched alkanes of at least 4 members (excludes halogenated alkanes) is 2. The molecule has 0 radical (unpaired) electrons. The molecule has 1 aromatic heterocycles. The van der Waals surface area contributed by atoms with Gasteiger partial charge in [0.15, 0.2) is 6.29 Å². The van der Waals surface area contributed by atoms with Crippen LogP contribution in [0.5, 0.6) is 0 Å². The number of rotatable bonds is 12. The zero-order chi connectivity index (χ0) is 28.6. The van der Waals surface area contributed by atoms with Crippen LogP contribution in [0.4, 0.5) is 11.4 Å². The molecule has 3 heterocycles. The number of benzene rings is 2. The molecule has 0 amide bonds. The molecule has 1 atom stereocenters. The highest BCUT2D eigenvalue weighted by Gasteiger charge is 2.30. The number of aromatic amines is 1. The Morgan fingerprint density at radius 1 is 1.00 bits per heavy atom. The smallest absolute Gasteiger partial charge is 0.185 e. The van der Waals surface area contributed by atoms with Gasteiger partial charge in [0.25, 0.3) is 0 Å². The Hall–Kier alpha value is -2.76. The summed E-state index contributed by atoms with van der Waals surface area (Å²) in [6.07, 6.45) is 7.78. The number of hydrogen-bond donors (Lipinski definition) is 1. The first-order valence-corrected chi connectivity index (χ1v) is 15.6. The Morgan fingerprint density at radius 3 is 2.37 bits per heavy atom. The van der Waals surface area contributed by atoms with Crippen LogP contribution in [0.25, 0.3) is 10.9 Å². The number of nitrogens with zero attached hydrogens (tertiary/aromatic N) is 3. The summed E-state index contributed by atoms with van der Waals surface area (Å²) in [5.74, 6) is 0.530. The summed E-state index contributed by atoms with van der Waals surface area (Å²) in [7, 11) is 0. The van der Waals surface area contributed by atoms with Gasteiger partial charge in [-0.15, -0.1) is 0 Å². The molecule has 0 spiro atoms. The van der Waals surface area contributed by atoms with Crippen LogP contribution in [0, 0.1) is 11.3 Å². The molecule has 0 unspecified atom stereocenters. The Bertz CT molecular complexity index is 1290. The van der Waals surface area contributed by atoms with Crippen LogP contribution in [0.2, 0.25) is 5.02 Å². The first-order valence-electron chi connectivity index (χ1n) is 15.3. The summed E-state index contributed by atoms with van der Waals surface area (Å²) >= 11 is 6.43. The van der Waals surface area contributed by atoms with Gasteiger partial charge in [-0.25, -0.2) is 0 Å². The standard InChI is InChI=1S/C33H43ClN4O3/c1-3-5-18-40-33(41-19-6-4-2)30-23-38(17-20-39-30)27-9-7-24(8-10-27)25-13-15-37(16-14-25)29-12-11-28(34)31-26(21-35)22-36-32(29)31/h7-12,22,25,30,33,36H,3-6,13-20,23H2,1-2H3/t30-/m0/s1. The molecular weight excluding hydrogens is 536 g/mol. The highest BCUT2D eigenvalue weighted by Crippen LogP contribution is 2.37. The molecule has 3 aromatic rings. The van der Waals surface area contributed by atoms with E-state index in [-0.39, 0.29) is 12.4 Å². The molecule has 2 aliphatic rings. The van der Waals surface area contributed by atoms with E-state index in [2.05, 4.69) is 65.0 Å². The third-order valence-corrected chi connectivity index (χ3v) is 8.72. The number of aromatic nitrogens is 1. The van der Waals surface area contributed by atoms with Gasteiger partial charge < -0.3 is 29.0 Å². The average Bonchev–Trinajstić information content (AvgIpc) is 3.46. The quantitative estimate of drug-likeness (QED) is 0.180. The Kier molecular flexibility index (Phi) is 10.5. The lowest BCUT2D eigenvalue weighted by molar-refractivity contribution is -0.209. The molecule has 0 bridgehead atoms. The second kappa shape index (κ2) is 14.4. The van der Waals surface area contributed by atoms with Gasteiger partial charge in [-0.05, 0) is 61.4 Å². The van der Waals surface area contributed by atoms with Crippen LogP contribution in [0.3, 0.4) is 0 Å². The molecule has 2 aliphatic heterocycles. The van der Waals surface area contributed by atoms with Crippen LogP contribution in [-0.2, 0) is 14.2 Å². The summed E-state index contributed by atoms with van der Waals surface area (Å²) in [6.45, 7) is 9.99. The fraction of sp³-hybridized carbons (Fsp3) is 0.545. The minimum Gasteiger partial charge on any atom is -0.370 e. The first-order chi connectivity index (χ1) is 20.1. The molecule has 0 aliphatic carbocycles. The van der Waals surface area contributed by atoms with Gasteiger partial charge in [0.05, 0.1) is 28.4 Å². The fourth-order valence-corrected chi connectivity index (χ4v) is 6.24. The minimum atomic E-state index is -0.320. The van der Waals surface area contributed by atoms with Crippen molar-refractivity contribution in [2.45, 2.75) is 70.7 Å². The van der Waals surface area contributed by atoms with E-state index in [0.717, 1.165) is 81.3 Å². The highest BCUT2D eigenvalue weighted by atomic mass is 35.5. The molecule has 8 heteroatoms. The number of hydrogen-bond acceptors (Lipinski definition) is 6.